The first kappa shape index (κ1) is 20.9. The Kier molecular flexibility index (Phi) is 7.30. The molecule has 0 saturated carbocycles. The summed E-state index contributed by atoms with van der Waals surface area (Å²) in [6.45, 7) is 4.09. The number of nitrogens with zero attached hydrogens (tertiary/aromatic N) is 3. The number of carbonyl (C=O) groups is 1. The van der Waals surface area contributed by atoms with Gasteiger partial charge >= 0.3 is 0 Å². The number of ether oxygens (including phenoxy) is 1. The molecule has 29 heavy (non-hydrogen) atoms. The van der Waals surface area contributed by atoms with E-state index in [0.717, 1.165) is 28.8 Å². The van der Waals surface area contributed by atoms with Crippen molar-refractivity contribution in [3.63, 3.8) is 0 Å². The van der Waals surface area contributed by atoms with Gasteiger partial charge in [0.25, 0.3) is 0 Å². The lowest BCUT2D eigenvalue weighted by molar-refractivity contribution is -0.115. The summed E-state index contributed by atoms with van der Waals surface area (Å²) in [5, 5.41) is 12.2. The van der Waals surface area contributed by atoms with E-state index in [4.69, 9.17) is 4.74 Å². The van der Waals surface area contributed by atoms with E-state index in [2.05, 4.69) is 34.6 Å². The normalized spacial score (nSPS) is 11.8. The Morgan fingerprint density at radius 3 is 2.55 bits per heavy atom. The predicted octanol–water partition coefficient (Wildman–Crippen LogP) is 4.64. The number of rotatable bonds is 9. The Labute approximate surface area is 175 Å². The van der Waals surface area contributed by atoms with Crippen molar-refractivity contribution < 1.29 is 9.53 Å². The van der Waals surface area contributed by atoms with Gasteiger partial charge in [-0.3, -0.25) is 4.79 Å². The zero-order chi connectivity index (χ0) is 20.6. The minimum atomic E-state index is -0.226. The molecule has 0 bridgehead atoms. The number of anilines is 1. The average molecular weight is 411 g/mol. The molecule has 6 nitrogen and oxygen atoms in total. The van der Waals surface area contributed by atoms with Crippen molar-refractivity contribution in [3.05, 3.63) is 66.0 Å². The highest BCUT2D eigenvalue weighted by Crippen LogP contribution is 2.24. The first-order valence-electron chi connectivity index (χ1n) is 9.69. The number of aromatic nitrogens is 3. The summed E-state index contributed by atoms with van der Waals surface area (Å²) < 4.78 is 7.93. The van der Waals surface area contributed by atoms with Gasteiger partial charge in [0, 0.05) is 24.9 Å². The third-order valence-corrected chi connectivity index (χ3v) is 5.52. The lowest BCUT2D eigenvalue weighted by atomic mass is 10.2. The number of hydrogen-bond donors (Lipinski definition) is 1. The molecule has 3 aromatic rings. The maximum Gasteiger partial charge on any atom is 0.225 e. The lowest BCUT2D eigenvalue weighted by Crippen LogP contribution is -2.12. The molecule has 1 aromatic heterocycles. The van der Waals surface area contributed by atoms with E-state index in [9.17, 15) is 4.79 Å². The fourth-order valence-electron chi connectivity index (χ4n) is 2.85. The van der Waals surface area contributed by atoms with Gasteiger partial charge < -0.3 is 14.6 Å². The van der Waals surface area contributed by atoms with Crippen LogP contribution in [0, 0.1) is 0 Å². The fourth-order valence-corrected chi connectivity index (χ4v) is 3.70. The van der Waals surface area contributed by atoms with Crippen molar-refractivity contribution in [3.8, 4) is 5.75 Å². The topological polar surface area (TPSA) is 69.0 Å². The predicted molar refractivity (Wildman–Crippen MR) is 116 cm³/mol. The third-order valence-electron chi connectivity index (χ3n) is 4.49. The van der Waals surface area contributed by atoms with Crippen LogP contribution in [0.5, 0.6) is 5.75 Å². The fraction of sp³-hybridized carbons (Fsp3) is 0.318. The smallest absolute Gasteiger partial charge is 0.225 e. The molecule has 2 aromatic carbocycles. The second-order valence-electron chi connectivity index (χ2n) is 6.67. The molecule has 3 rings (SSSR count). The Bertz CT molecular complexity index is 926. The second kappa shape index (κ2) is 10.1. The third kappa shape index (κ3) is 5.84. The molecule has 1 amide bonds. The summed E-state index contributed by atoms with van der Waals surface area (Å²) in [5.74, 6) is 2.17. The second-order valence-corrected chi connectivity index (χ2v) is 7.73. The molecular formula is C22H26N4O2S. The molecule has 0 saturated heterocycles. The Hall–Kier alpha value is -2.80. The summed E-state index contributed by atoms with van der Waals surface area (Å²) in [6, 6.07) is 17.6. The number of para-hydroxylation sites is 1. The van der Waals surface area contributed by atoms with E-state index in [1.165, 1.54) is 17.3 Å². The molecule has 0 radical (unpaired) electrons. The van der Waals surface area contributed by atoms with E-state index in [0.29, 0.717) is 12.2 Å². The molecule has 7 heteroatoms. The SMILES string of the molecule is CCc1ccc(O[C@H](C)c2nnc(SCCC(=O)Nc3ccccc3)n2C)cc1. The van der Waals surface area contributed by atoms with Crippen LogP contribution in [-0.2, 0) is 18.3 Å². The summed E-state index contributed by atoms with van der Waals surface area (Å²) in [5.41, 5.74) is 2.08. The van der Waals surface area contributed by atoms with Gasteiger partial charge in [-0.1, -0.05) is 49.0 Å². The van der Waals surface area contributed by atoms with Crippen LogP contribution in [0.25, 0.3) is 0 Å². The van der Waals surface area contributed by atoms with Crippen LogP contribution < -0.4 is 10.1 Å². The largest absolute Gasteiger partial charge is 0.483 e. The summed E-state index contributed by atoms with van der Waals surface area (Å²) in [4.78, 5) is 12.1. The van der Waals surface area contributed by atoms with Gasteiger partial charge in [0.1, 0.15) is 5.75 Å². The average Bonchev–Trinajstić information content (AvgIpc) is 3.10. The molecule has 0 unspecified atom stereocenters. The number of hydrogen-bond acceptors (Lipinski definition) is 5. The van der Waals surface area contributed by atoms with Crippen LogP contribution in [0.4, 0.5) is 5.69 Å². The van der Waals surface area contributed by atoms with Crippen LogP contribution >= 0.6 is 11.8 Å². The van der Waals surface area contributed by atoms with Crippen LogP contribution in [0.15, 0.2) is 59.8 Å². The summed E-state index contributed by atoms with van der Waals surface area (Å²) in [7, 11) is 1.92. The van der Waals surface area contributed by atoms with Gasteiger partial charge in [-0.05, 0) is 43.2 Å². The summed E-state index contributed by atoms with van der Waals surface area (Å²) >= 11 is 1.51. The van der Waals surface area contributed by atoms with Gasteiger partial charge in [-0.25, -0.2) is 0 Å². The maximum atomic E-state index is 12.1. The molecule has 0 aliphatic rings. The van der Waals surface area contributed by atoms with Crippen molar-refractivity contribution in [1.82, 2.24) is 14.8 Å². The minimum Gasteiger partial charge on any atom is -0.483 e. The van der Waals surface area contributed by atoms with E-state index < -0.39 is 0 Å². The molecule has 152 valence electrons. The van der Waals surface area contributed by atoms with E-state index >= 15 is 0 Å². The van der Waals surface area contributed by atoms with Crippen molar-refractivity contribution in [2.75, 3.05) is 11.1 Å². The molecule has 0 spiro atoms. The minimum absolute atomic E-state index is 0.0154. The monoisotopic (exact) mass is 410 g/mol. The molecule has 0 aliphatic heterocycles. The van der Waals surface area contributed by atoms with Crippen molar-refractivity contribution in [2.24, 2.45) is 7.05 Å². The highest BCUT2D eigenvalue weighted by Gasteiger charge is 2.17. The number of thioether (sulfide) groups is 1. The molecular weight excluding hydrogens is 384 g/mol. The van der Waals surface area contributed by atoms with Gasteiger partial charge in [0.2, 0.25) is 5.91 Å². The number of aryl methyl sites for hydroxylation is 1. The first-order chi connectivity index (χ1) is 14.1. The van der Waals surface area contributed by atoms with Gasteiger partial charge in [-0.2, -0.15) is 0 Å². The zero-order valence-corrected chi connectivity index (χ0v) is 17.8. The number of amides is 1. The molecule has 0 fully saturated rings. The lowest BCUT2D eigenvalue weighted by Gasteiger charge is -2.14. The zero-order valence-electron chi connectivity index (χ0n) is 17.0. The Morgan fingerprint density at radius 2 is 1.86 bits per heavy atom. The van der Waals surface area contributed by atoms with Gasteiger partial charge in [0.05, 0.1) is 0 Å². The van der Waals surface area contributed by atoms with E-state index in [1.807, 2.05) is 61.0 Å². The number of nitrogens with one attached hydrogen (secondary N) is 1. The van der Waals surface area contributed by atoms with Gasteiger partial charge in [0.15, 0.2) is 17.1 Å². The highest BCUT2D eigenvalue weighted by atomic mass is 32.2. The van der Waals surface area contributed by atoms with Crippen molar-refractivity contribution in [1.29, 1.82) is 0 Å². The standard InChI is InChI=1S/C22H26N4O2S/c1-4-17-10-12-19(13-11-17)28-16(2)21-24-25-22(26(21)3)29-15-14-20(27)23-18-8-6-5-7-9-18/h5-13,16H,4,14-15H2,1-3H3,(H,23,27)/t16-/m1/s1. The first-order valence-corrected chi connectivity index (χ1v) is 10.7. The van der Waals surface area contributed by atoms with Crippen LogP contribution in [0.1, 0.15) is 37.8 Å². The van der Waals surface area contributed by atoms with E-state index in [-0.39, 0.29) is 12.0 Å². The number of carbonyl (C=O) groups excluding carboxylic acids is 1. The van der Waals surface area contributed by atoms with Gasteiger partial charge in [-0.15, -0.1) is 10.2 Å². The molecule has 0 aliphatic carbocycles. The van der Waals surface area contributed by atoms with E-state index in [1.54, 1.807) is 0 Å². The quantitative estimate of drug-likeness (QED) is 0.521. The van der Waals surface area contributed by atoms with Crippen LogP contribution in [-0.4, -0.2) is 26.4 Å². The van der Waals surface area contributed by atoms with Crippen LogP contribution in [0.3, 0.4) is 0 Å². The molecule has 1 atom stereocenters. The Morgan fingerprint density at radius 1 is 1.14 bits per heavy atom. The van der Waals surface area contributed by atoms with Crippen LogP contribution in [0.2, 0.25) is 0 Å². The highest BCUT2D eigenvalue weighted by molar-refractivity contribution is 7.99. The summed E-state index contributed by atoms with van der Waals surface area (Å²) in [6.07, 6.45) is 1.18. The molecule has 1 heterocycles. The molecule has 1 N–H and O–H groups in total. The number of benzene rings is 2. The Balaban J connectivity index is 1.51. The van der Waals surface area contributed by atoms with Crippen molar-refractivity contribution >= 4 is 23.4 Å². The maximum absolute atomic E-state index is 12.1. The van der Waals surface area contributed by atoms with Crippen molar-refractivity contribution in [2.45, 2.75) is 37.9 Å².